The third-order valence-electron chi connectivity index (χ3n) is 4.44. The molecule has 2 N–H and O–H groups in total. The van der Waals surface area contributed by atoms with Gasteiger partial charge in [0.1, 0.15) is 0 Å². The molecule has 0 atom stereocenters. The van der Waals surface area contributed by atoms with Crippen LogP contribution in [0.3, 0.4) is 0 Å². The molecule has 2 aromatic carbocycles. The molecule has 2 aromatic rings. The predicted molar refractivity (Wildman–Crippen MR) is 133 cm³/mol. The molecule has 2 rings (SSSR count). The Morgan fingerprint density at radius 3 is 2.00 bits per heavy atom. The van der Waals surface area contributed by atoms with Crippen LogP contribution < -0.4 is 34.3 Å². The van der Waals surface area contributed by atoms with Gasteiger partial charge in [-0.3, -0.25) is 0 Å². The Kier molecular flexibility index (Phi) is 11.7. The van der Waals surface area contributed by atoms with E-state index in [4.69, 9.17) is 23.7 Å². The molecule has 0 aliphatic heterocycles. The largest absolute Gasteiger partial charge is 0.493 e. The molecule has 0 heterocycles. The van der Waals surface area contributed by atoms with E-state index in [0.29, 0.717) is 47.8 Å². The maximum Gasteiger partial charge on any atom is 0.203 e. The number of nitrogens with zero attached hydrogens (tertiary/aromatic N) is 1. The minimum absolute atomic E-state index is 0. The van der Waals surface area contributed by atoms with E-state index in [1.165, 1.54) is 0 Å². The van der Waals surface area contributed by atoms with E-state index in [0.717, 1.165) is 17.7 Å². The Morgan fingerprint density at radius 1 is 0.774 bits per heavy atom. The van der Waals surface area contributed by atoms with Crippen LogP contribution in [-0.2, 0) is 13.1 Å². The first kappa shape index (κ1) is 26.5. The predicted octanol–water partition coefficient (Wildman–Crippen LogP) is 3.60. The van der Waals surface area contributed by atoms with Crippen LogP contribution in [0.25, 0.3) is 0 Å². The first-order valence-electron chi connectivity index (χ1n) is 9.62. The number of benzene rings is 2. The van der Waals surface area contributed by atoms with Gasteiger partial charge >= 0.3 is 0 Å². The summed E-state index contributed by atoms with van der Waals surface area (Å²) in [5.41, 5.74) is 1.93. The summed E-state index contributed by atoms with van der Waals surface area (Å²) in [6, 6.07) is 9.55. The number of halogens is 1. The highest BCUT2D eigenvalue weighted by molar-refractivity contribution is 14.0. The van der Waals surface area contributed by atoms with Crippen molar-refractivity contribution in [3.8, 4) is 28.7 Å². The molecule has 31 heavy (non-hydrogen) atoms. The van der Waals surface area contributed by atoms with Gasteiger partial charge in [-0.1, -0.05) is 6.07 Å². The van der Waals surface area contributed by atoms with E-state index in [9.17, 15) is 0 Å². The van der Waals surface area contributed by atoms with Crippen LogP contribution in [0, 0.1) is 0 Å². The normalized spacial score (nSPS) is 10.6. The van der Waals surface area contributed by atoms with Crippen LogP contribution in [-0.4, -0.2) is 48.1 Å². The lowest BCUT2D eigenvalue weighted by molar-refractivity contribution is 0.322. The Hall–Kier alpha value is -2.56. The summed E-state index contributed by atoms with van der Waals surface area (Å²) in [6.07, 6.45) is 0. The van der Waals surface area contributed by atoms with Gasteiger partial charge in [-0.05, 0) is 36.8 Å². The van der Waals surface area contributed by atoms with Crippen LogP contribution in [0.5, 0.6) is 28.7 Å². The van der Waals surface area contributed by atoms with Crippen molar-refractivity contribution < 1.29 is 23.7 Å². The van der Waals surface area contributed by atoms with Gasteiger partial charge < -0.3 is 34.3 Å². The highest BCUT2D eigenvalue weighted by Gasteiger charge is 2.16. The highest BCUT2D eigenvalue weighted by Crippen LogP contribution is 2.39. The van der Waals surface area contributed by atoms with E-state index in [-0.39, 0.29) is 24.0 Å². The SMILES string of the molecule is CCNC(=NCc1ccc(OC)c(OC)c1)NCc1ccc(OC)c(OC)c1OC.I. The van der Waals surface area contributed by atoms with E-state index < -0.39 is 0 Å². The van der Waals surface area contributed by atoms with Gasteiger partial charge in [0, 0.05) is 18.7 Å². The summed E-state index contributed by atoms with van der Waals surface area (Å²) in [5, 5.41) is 6.58. The molecule has 0 fully saturated rings. The van der Waals surface area contributed by atoms with Crippen molar-refractivity contribution in [1.82, 2.24) is 10.6 Å². The third-order valence-corrected chi connectivity index (χ3v) is 4.44. The van der Waals surface area contributed by atoms with Gasteiger partial charge in [0.2, 0.25) is 5.75 Å². The highest BCUT2D eigenvalue weighted by atomic mass is 127. The van der Waals surface area contributed by atoms with Gasteiger partial charge in [-0.2, -0.15) is 0 Å². The summed E-state index contributed by atoms with van der Waals surface area (Å²) in [4.78, 5) is 4.66. The molecule has 172 valence electrons. The number of aliphatic imine (C=N–C) groups is 1. The van der Waals surface area contributed by atoms with E-state index in [1.54, 1.807) is 35.5 Å². The Balaban J connectivity index is 0.00000480. The van der Waals surface area contributed by atoms with Crippen molar-refractivity contribution in [2.75, 3.05) is 42.1 Å². The van der Waals surface area contributed by atoms with E-state index in [2.05, 4.69) is 15.6 Å². The summed E-state index contributed by atoms with van der Waals surface area (Å²) in [7, 11) is 8.03. The molecule has 0 aromatic heterocycles. The molecule has 0 saturated carbocycles. The van der Waals surface area contributed by atoms with Crippen molar-refractivity contribution in [3.63, 3.8) is 0 Å². The fraction of sp³-hybridized carbons (Fsp3) is 0.409. The number of nitrogens with one attached hydrogen (secondary N) is 2. The quantitative estimate of drug-likeness (QED) is 0.268. The van der Waals surface area contributed by atoms with Crippen LogP contribution in [0.15, 0.2) is 35.3 Å². The number of ether oxygens (including phenoxy) is 5. The van der Waals surface area contributed by atoms with Crippen molar-refractivity contribution in [1.29, 1.82) is 0 Å². The monoisotopic (exact) mass is 545 g/mol. The third kappa shape index (κ3) is 6.98. The molecule has 0 aliphatic rings. The van der Waals surface area contributed by atoms with Gasteiger partial charge in [0.25, 0.3) is 0 Å². The summed E-state index contributed by atoms with van der Waals surface area (Å²) >= 11 is 0. The minimum atomic E-state index is 0. The molecule has 0 saturated heterocycles. The van der Waals surface area contributed by atoms with Gasteiger partial charge in [0.15, 0.2) is 29.0 Å². The lowest BCUT2D eigenvalue weighted by Gasteiger charge is -2.17. The second kappa shape index (κ2) is 13.7. The standard InChI is InChI=1S/C22H31N3O5.HI/c1-7-23-22(24-13-15-8-10-17(26-2)19(12-15)28-4)25-14-16-9-11-18(27-3)21(30-6)20(16)29-5;/h8-12H,7,13-14H2,1-6H3,(H2,23,24,25);1H. The Morgan fingerprint density at radius 2 is 1.42 bits per heavy atom. The average Bonchev–Trinajstić information content (AvgIpc) is 2.79. The van der Waals surface area contributed by atoms with Crippen molar-refractivity contribution in [2.24, 2.45) is 4.99 Å². The summed E-state index contributed by atoms with van der Waals surface area (Å²) < 4.78 is 27.0. The zero-order chi connectivity index (χ0) is 21.9. The molecular weight excluding hydrogens is 513 g/mol. The maximum absolute atomic E-state index is 5.55. The molecule has 0 bridgehead atoms. The van der Waals surface area contributed by atoms with Gasteiger partial charge in [-0.25, -0.2) is 4.99 Å². The lowest BCUT2D eigenvalue weighted by Crippen LogP contribution is -2.36. The van der Waals surface area contributed by atoms with Crippen LogP contribution >= 0.6 is 24.0 Å². The van der Waals surface area contributed by atoms with E-state index >= 15 is 0 Å². The fourth-order valence-electron chi connectivity index (χ4n) is 2.97. The molecule has 8 nitrogen and oxygen atoms in total. The van der Waals surface area contributed by atoms with Crippen LogP contribution in [0.2, 0.25) is 0 Å². The van der Waals surface area contributed by atoms with Crippen LogP contribution in [0.4, 0.5) is 0 Å². The second-order valence-electron chi connectivity index (χ2n) is 6.23. The average molecular weight is 545 g/mol. The molecule has 0 spiro atoms. The second-order valence-corrected chi connectivity index (χ2v) is 6.23. The Labute approximate surface area is 201 Å². The van der Waals surface area contributed by atoms with E-state index in [1.807, 2.05) is 37.3 Å². The molecular formula is C22H32IN3O5. The summed E-state index contributed by atoms with van der Waals surface area (Å²) in [5.74, 6) is 3.86. The lowest BCUT2D eigenvalue weighted by atomic mass is 10.1. The molecule has 0 aliphatic carbocycles. The number of guanidine groups is 1. The zero-order valence-electron chi connectivity index (χ0n) is 18.9. The number of hydrogen-bond acceptors (Lipinski definition) is 6. The molecule has 0 amide bonds. The van der Waals surface area contributed by atoms with Crippen molar-refractivity contribution in [2.45, 2.75) is 20.0 Å². The minimum Gasteiger partial charge on any atom is -0.493 e. The molecule has 0 unspecified atom stereocenters. The zero-order valence-corrected chi connectivity index (χ0v) is 21.2. The fourth-order valence-corrected chi connectivity index (χ4v) is 2.97. The van der Waals surface area contributed by atoms with Crippen molar-refractivity contribution in [3.05, 3.63) is 41.5 Å². The number of rotatable bonds is 10. The smallest absolute Gasteiger partial charge is 0.203 e. The maximum atomic E-state index is 5.55. The molecule has 0 radical (unpaired) electrons. The summed E-state index contributed by atoms with van der Waals surface area (Å²) in [6.45, 7) is 3.74. The topological polar surface area (TPSA) is 82.6 Å². The van der Waals surface area contributed by atoms with Gasteiger partial charge in [-0.15, -0.1) is 24.0 Å². The Bertz CT molecular complexity index is 861. The number of hydrogen-bond donors (Lipinski definition) is 2. The van der Waals surface area contributed by atoms with Crippen LogP contribution in [0.1, 0.15) is 18.1 Å². The molecule has 9 heteroatoms. The first-order chi connectivity index (χ1) is 14.6. The van der Waals surface area contributed by atoms with Gasteiger partial charge in [0.05, 0.1) is 42.1 Å². The van der Waals surface area contributed by atoms with Crippen molar-refractivity contribution >= 4 is 29.9 Å². The number of methoxy groups -OCH3 is 5. The first-order valence-corrected chi connectivity index (χ1v) is 9.62.